The van der Waals surface area contributed by atoms with Gasteiger partial charge in [-0.3, -0.25) is 4.99 Å². The molecule has 8 nitrogen and oxygen atoms in total. The molecule has 0 spiro atoms. The minimum atomic E-state index is 0.291. The molecule has 0 saturated heterocycles. The molecule has 0 saturated carbocycles. The Morgan fingerprint density at radius 2 is 2.22 bits per heavy atom. The number of ether oxygens (including phenoxy) is 1. The van der Waals surface area contributed by atoms with Crippen LogP contribution in [0.4, 0.5) is 0 Å². The molecule has 0 aromatic carbocycles. The summed E-state index contributed by atoms with van der Waals surface area (Å²) in [6.45, 7) is 9.04. The number of methoxy groups -OCH3 is 1. The van der Waals surface area contributed by atoms with E-state index >= 15 is 0 Å². The van der Waals surface area contributed by atoms with Crippen molar-refractivity contribution in [2.24, 2.45) is 4.99 Å². The third-order valence-electron chi connectivity index (χ3n) is 4.47. The maximum Gasteiger partial charge on any atom is 0.191 e. The number of rotatable bonds is 7. The number of aromatic nitrogens is 4. The molecule has 2 aromatic rings. The van der Waals surface area contributed by atoms with E-state index in [4.69, 9.17) is 9.73 Å². The largest absolute Gasteiger partial charge is 0.377 e. The fraction of sp³-hybridized carbons (Fsp3) is 0.667. The first-order valence-electron chi connectivity index (χ1n) is 9.48. The monoisotopic (exact) mass is 391 g/mol. The number of hydrogen-bond acceptors (Lipinski definition) is 6. The van der Waals surface area contributed by atoms with Gasteiger partial charge in [0, 0.05) is 44.0 Å². The Kier molecular flexibility index (Phi) is 6.78. The summed E-state index contributed by atoms with van der Waals surface area (Å²) in [4.78, 5) is 15.1. The molecule has 3 rings (SSSR count). The van der Waals surface area contributed by atoms with E-state index in [-0.39, 0.29) is 0 Å². The van der Waals surface area contributed by atoms with Crippen LogP contribution >= 0.6 is 11.3 Å². The average molecular weight is 392 g/mol. The molecule has 2 N–H and O–H groups in total. The highest BCUT2D eigenvalue weighted by Gasteiger charge is 2.22. The lowest BCUT2D eigenvalue weighted by Gasteiger charge is -2.25. The van der Waals surface area contributed by atoms with Crippen LogP contribution in [0.15, 0.2) is 4.99 Å². The zero-order valence-electron chi connectivity index (χ0n) is 16.6. The summed E-state index contributed by atoms with van der Waals surface area (Å²) in [6, 6.07) is 0.291. The molecule has 1 aliphatic rings. The quantitative estimate of drug-likeness (QED) is 0.551. The van der Waals surface area contributed by atoms with Crippen molar-refractivity contribution in [2.75, 3.05) is 20.2 Å². The van der Waals surface area contributed by atoms with Gasteiger partial charge >= 0.3 is 0 Å². The van der Waals surface area contributed by atoms with Crippen molar-refractivity contribution in [1.29, 1.82) is 0 Å². The summed E-state index contributed by atoms with van der Waals surface area (Å²) in [5.41, 5.74) is 1.13. The van der Waals surface area contributed by atoms with Gasteiger partial charge in [0.25, 0.3) is 0 Å². The van der Waals surface area contributed by atoms with Crippen molar-refractivity contribution in [3.8, 4) is 0 Å². The van der Waals surface area contributed by atoms with Gasteiger partial charge in [-0.25, -0.2) is 14.6 Å². The first-order valence-corrected chi connectivity index (χ1v) is 10.3. The number of nitrogens with one attached hydrogen (secondary N) is 2. The van der Waals surface area contributed by atoms with Gasteiger partial charge in [0.2, 0.25) is 0 Å². The Bertz CT molecular complexity index is 783. The smallest absolute Gasteiger partial charge is 0.191 e. The molecule has 1 atom stereocenters. The van der Waals surface area contributed by atoms with Gasteiger partial charge in [-0.1, -0.05) is 0 Å². The minimum Gasteiger partial charge on any atom is -0.377 e. The fourth-order valence-corrected chi connectivity index (χ4v) is 4.18. The van der Waals surface area contributed by atoms with Crippen molar-refractivity contribution in [3.63, 3.8) is 0 Å². The van der Waals surface area contributed by atoms with Gasteiger partial charge in [0.1, 0.15) is 12.4 Å². The lowest BCUT2D eigenvalue weighted by atomic mass is 10.1. The molecule has 3 heterocycles. The van der Waals surface area contributed by atoms with Gasteiger partial charge in [0.15, 0.2) is 11.8 Å². The Morgan fingerprint density at radius 3 is 2.93 bits per heavy atom. The molecule has 0 amide bonds. The van der Waals surface area contributed by atoms with Gasteiger partial charge in [-0.2, -0.15) is 5.10 Å². The van der Waals surface area contributed by atoms with E-state index in [0.29, 0.717) is 12.6 Å². The van der Waals surface area contributed by atoms with Crippen molar-refractivity contribution in [1.82, 2.24) is 30.4 Å². The van der Waals surface area contributed by atoms with E-state index in [0.717, 1.165) is 67.2 Å². The van der Waals surface area contributed by atoms with E-state index in [1.54, 1.807) is 18.4 Å². The second-order valence-corrected chi connectivity index (χ2v) is 7.98. The van der Waals surface area contributed by atoms with Crippen LogP contribution < -0.4 is 10.6 Å². The summed E-state index contributed by atoms with van der Waals surface area (Å²) in [5, 5.41) is 12.6. The Hall–Kier alpha value is -2.00. The summed E-state index contributed by atoms with van der Waals surface area (Å²) < 4.78 is 7.12. The van der Waals surface area contributed by atoms with Crippen LogP contribution in [0.1, 0.15) is 40.6 Å². The number of fused-ring (bicyclic) bond motifs is 1. The molecule has 27 heavy (non-hydrogen) atoms. The van der Waals surface area contributed by atoms with Crippen molar-refractivity contribution >= 4 is 17.3 Å². The van der Waals surface area contributed by atoms with Crippen LogP contribution in [0.3, 0.4) is 0 Å². The highest BCUT2D eigenvalue weighted by atomic mass is 32.1. The van der Waals surface area contributed by atoms with Crippen LogP contribution in [-0.4, -0.2) is 51.9 Å². The van der Waals surface area contributed by atoms with Gasteiger partial charge in [-0.15, -0.1) is 11.3 Å². The molecule has 2 aromatic heterocycles. The fourth-order valence-electron chi connectivity index (χ4n) is 3.26. The van der Waals surface area contributed by atoms with Gasteiger partial charge in [-0.05, 0) is 27.2 Å². The minimum absolute atomic E-state index is 0.291. The predicted molar refractivity (Wildman–Crippen MR) is 107 cm³/mol. The summed E-state index contributed by atoms with van der Waals surface area (Å²) in [6.07, 6.45) is 2.85. The lowest BCUT2D eigenvalue weighted by molar-refractivity contribution is 0.177. The van der Waals surface area contributed by atoms with Crippen LogP contribution in [0.25, 0.3) is 0 Å². The van der Waals surface area contributed by atoms with Crippen LogP contribution in [0, 0.1) is 13.8 Å². The molecule has 0 fully saturated rings. The molecular weight excluding hydrogens is 362 g/mol. The first kappa shape index (κ1) is 19.8. The molecule has 148 valence electrons. The summed E-state index contributed by atoms with van der Waals surface area (Å²) >= 11 is 1.76. The Labute approximate surface area is 164 Å². The maximum absolute atomic E-state index is 5.13. The highest BCUT2D eigenvalue weighted by Crippen LogP contribution is 2.17. The number of nitrogens with zero attached hydrogens (tertiary/aromatic N) is 5. The number of aliphatic imine (C=N–C) groups is 1. The third kappa shape index (κ3) is 5.26. The molecule has 0 bridgehead atoms. The van der Waals surface area contributed by atoms with E-state index in [1.165, 1.54) is 4.88 Å². The van der Waals surface area contributed by atoms with E-state index in [2.05, 4.69) is 46.5 Å². The lowest BCUT2D eigenvalue weighted by Crippen LogP contribution is -2.47. The van der Waals surface area contributed by atoms with E-state index in [1.807, 2.05) is 4.68 Å². The molecule has 0 radical (unpaired) electrons. The predicted octanol–water partition coefficient (Wildman–Crippen LogP) is 1.61. The van der Waals surface area contributed by atoms with Crippen LogP contribution in [0.2, 0.25) is 0 Å². The van der Waals surface area contributed by atoms with Crippen molar-refractivity contribution < 1.29 is 4.74 Å². The molecular formula is C18H29N7OS. The van der Waals surface area contributed by atoms with Crippen LogP contribution in [0.5, 0.6) is 0 Å². The average Bonchev–Trinajstić information content (AvgIpc) is 3.17. The topological polar surface area (TPSA) is 89.2 Å². The standard InChI is InChI=1S/C18H29N7OS/c1-5-19-18(20-9-8-15-12(2)21-13(3)27-15)22-14-6-7-17-23-16(11-26-4)24-25(17)10-14/h14H,5-11H2,1-4H3,(H2,19,20,22). The third-order valence-corrected chi connectivity index (χ3v) is 5.60. The highest BCUT2D eigenvalue weighted by molar-refractivity contribution is 7.11. The Morgan fingerprint density at radius 1 is 1.37 bits per heavy atom. The zero-order valence-corrected chi connectivity index (χ0v) is 17.4. The van der Waals surface area contributed by atoms with Gasteiger partial charge in [0.05, 0.1) is 17.2 Å². The molecule has 1 aliphatic heterocycles. The zero-order chi connectivity index (χ0) is 19.2. The van der Waals surface area contributed by atoms with Crippen molar-refractivity contribution in [2.45, 2.75) is 59.2 Å². The first-order chi connectivity index (χ1) is 13.1. The SMILES string of the molecule is CCNC(=NCCc1sc(C)nc1C)NC1CCc2nc(COC)nn2C1. The normalized spacial score (nSPS) is 17.0. The number of aryl methyl sites for hydroxylation is 3. The number of guanidine groups is 1. The summed E-state index contributed by atoms with van der Waals surface area (Å²) in [5.74, 6) is 2.66. The van der Waals surface area contributed by atoms with E-state index in [9.17, 15) is 0 Å². The van der Waals surface area contributed by atoms with E-state index < -0.39 is 0 Å². The number of thiazole rings is 1. The Balaban J connectivity index is 1.57. The second-order valence-electron chi connectivity index (χ2n) is 6.69. The number of hydrogen-bond donors (Lipinski definition) is 2. The van der Waals surface area contributed by atoms with Crippen LogP contribution in [-0.2, 0) is 30.7 Å². The second kappa shape index (κ2) is 9.27. The maximum atomic E-state index is 5.13. The summed E-state index contributed by atoms with van der Waals surface area (Å²) in [7, 11) is 1.67. The van der Waals surface area contributed by atoms with Crippen molar-refractivity contribution in [3.05, 3.63) is 27.2 Å². The molecule has 9 heteroatoms. The molecule has 1 unspecified atom stereocenters. The molecule has 0 aliphatic carbocycles. The van der Waals surface area contributed by atoms with Gasteiger partial charge < -0.3 is 15.4 Å².